The van der Waals surface area contributed by atoms with Crippen LogP contribution in [0.25, 0.3) is 43.4 Å². The molecule has 0 fully saturated rings. The lowest BCUT2D eigenvalue weighted by atomic mass is 9.91. The molecule has 1 aliphatic heterocycles. The van der Waals surface area contributed by atoms with Crippen LogP contribution in [0.4, 0.5) is 17.1 Å². The quantitative estimate of drug-likeness (QED) is 0.210. The molecule has 0 atom stereocenters. The molecule has 0 N–H and O–H groups in total. The number of hydrogen-bond acceptors (Lipinski definition) is 3. The van der Waals surface area contributed by atoms with Crippen molar-refractivity contribution in [2.24, 2.45) is 0 Å². The molecule has 7 aromatic carbocycles. The average molecular weight is 527 g/mol. The van der Waals surface area contributed by atoms with Gasteiger partial charge in [-0.15, -0.1) is 0 Å². The summed E-state index contributed by atoms with van der Waals surface area (Å²) in [5, 5.41) is 16.7. The van der Waals surface area contributed by atoms with Crippen LogP contribution in [0.3, 0.4) is 0 Å². The van der Waals surface area contributed by atoms with E-state index in [4.69, 9.17) is 0 Å². The number of nitriles is 1. The largest absolute Gasteiger partial charge is 0.308 e. The van der Waals surface area contributed by atoms with E-state index < -0.39 is 0 Å². The second kappa shape index (κ2) is 9.02. The first-order valence-corrected chi connectivity index (χ1v) is 14.1. The summed E-state index contributed by atoms with van der Waals surface area (Å²) < 4.78 is 0. The lowest BCUT2D eigenvalue weighted by Crippen LogP contribution is -2.14. The van der Waals surface area contributed by atoms with E-state index in [9.17, 15) is 5.26 Å². The van der Waals surface area contributed by atoms with Crippen LogP contribution in [0.5, 0.6) is 0 Å². The van der Waals surface area contributed by atoms with Crippen molar-refractivity contribution >= 4 is 61.1 Å². The zero-order valence-corrected chi connectivity index (χ0v) is 22.3. The fraction of sp³-hybridized carbons (Fsp3) is 0. The molecule has 186 valence electrons. The number of rotatable bonds is 2. The maximum absolute atomic E-state index is 9.20. The summed E-state index contributed by atoms with van der Waals surface area (Å²) in [5.41, 5.74) is 6.52. The van der Waals surface area contributed by atoms with E-state index in [1.54, 1.807) is 0 Å². The number of fused-ring (bicyclic) bond motifs is 8. The van der Waals surface area contributed by atoms with Crippen LogP contribution in [0.2, 0.25) is 0 Å². The predicted molar refractivity (Wildman–Crippen MR) is 168 cm³/mol. The second-order valence-corrected chi connectivity index (χ2v) is 11.2. The Hall–Kier alpha value is -5.04. The Morgan fingerprint density at radius 3 is 1.65 bits per heavy atom. The molecular weight excluding hydrogens is 504 g/mol. The summed E-state index contributed by atoms with van der Waals surface area (Å²) in [6, 6.07) is 49.7. The number of hydrogen-bond donors (Lipinski definition) is 0. The van der Waals surface area contributed by atoms with Gasteiger partial charge in [0.1, 0.15) is 0 Å². The van der Waals surface area contributed by atoms with Crippen LogP contribution in [0.15, 0.2) is 143 Å². The summed E-state index contributed by atoms with van der Waals surface area (Å²) in [6.07, 6.45) is 0. The molecule has 8 rings (SSSR count). The van der Waals surface area contributed by atoms with Crippen molar-refractivity contribution in [2.45, 2.75) is 9.79 Å². The lowest BCUT2D eigenvalue weighted by molar-refractivity contribution is 1.17. The van der Waals surface area contributed by atoms with Crippen molar-refractivity contribution in [3.63, 3.8) is 0 Å². The van der Waals surface area contributed by atoms with Gasteiger partial charge >= 0.3 is 0 Å². The summed E-state index contributed by atoms with van der Waals surface area (Å²) in [7, 11) is 0. The van der Waals surface area contributed by atoms with Crippen molar-refractivity contribution in [1.82, 2.24) is 0 Å². The van der Waals surface area contributed by atoms with Crippen LogP contribution in [-0.2, 0) is 0 Å². The summed E-state index contributed by atoms with van der Waals surface area (Å²) in [6.45, 7) is 0. The van der Waals surface area contributed by atoms with Gasteiger partial charge in [-0.05, 0) is 98.0 Å². The van der Waals surface area contributed by atoms with E-state index in [2.05, 4.69) is 120 Å². The van der Waals surface area contributed by atoms with Crippen LogP contribution in [0.1, 0.15) is 5.56 Å². The molecule has 0 bridgehead atoms. The summed E-state index contributed by atoms with van der Waals surface area (Å²) >= 11 is 1.83. The van der Waals surface area contributed by atoms with E-state index >= 15 is 0 Å². The number of benzene rings is 7. The Kier molecular flexibility index (Phi) is 5.16. The molecular formula is C37H22N2S. The topological polar surface area (TPSA) is 27.0 Å². The lowest BCUT2D eigenvalue weighted by Gasteiger charge is -2.33. The third-order valence-corrected chi connectivity index (χ3v) is 8.99. The molecule has 0 spiro atoms. The van der Waals surface area contributed by atoms with Gasteiger partial charge in [-0.2, -0.15) is 5.26 Å². The minimum atomic E-state index is 0.675. The van der Waals surface area contributed by atoms with E-state index in [0.717, 1.165) is 16.8 Å². The van der Waals surface area contributed by atoms with Gasteiger partial charge in [0.15, 0.2) is 0 Å². The van der Waals surface area contributed by atoms with Gasteiger partial charge in [-0.3, -0.25) is 0 Å². The van der Waals surface area contributed by atoms with Crippen molar-refractivity contribution in [1.29, 1.82) is 5.26 Å². The highest BCUT2D eigenvalue weighted by Gasteiger charge is 2.24. The molecule has 0 aromatic heterocycles. The van der Waals surface area contributed by atoms with Gasteiger partial charge in [0, 0.05) is 15.5 Å². The third kappa shape index (κ3) is 3.51. The Bertz CT molecular complexity index is 2090. The van der Waals surface area contributed by atoms with Crippen LogP contribution in [0, 0.1) is 11.3 Å². The van der Waals surface area contributed by atoms with Crippen LogP contribution in [-0.4, -0.2) is 0 Å². The average Bonchev–Trinajstić information content (AvgIpc) is 3.03. The number of para-hydroxylation sites is 2. The van der Waals surface area contributed by atoms with Gasteiger partial charge in [0.05, 0.1) is 23.0 Å². The first-order valence-electron chi connectivity index (χ1n) is 13.3. The second-order valence-electron chi connectivity index (χ2n) is 10.1. The molecule has 0 aliphatic carbocycles. The standard InChI is InChI=1S/C37H22N2S/c38-23-24-13-15-25(16-14-24)26-17-19-30-31-20-18-27(22-33(31)29-8-2-1-7-28(29)32(30)21-26)39-34-9-3-5-11-36(34)40-37-12-6-4-10-35(37)39/h1-22H. The maximum Gasteiger partial charge on any atom is 0.0991 e. The molecule has 0 saturated carbocycles. The Morgan fingerprint density at radius 2 is 1.00 bits per heavy atom. The van der Waals surface area contributed by atoms with Crippen LogP contribution < -0.4 is 4.90 Å². The van der Waals surface area contributed by atoms with Crippen molar-refractivity contribution in [3.8, 4) is 17.2 Å². The van der Waals surface area contributed by atoms with E-state index in [1.165, 1.54) is 53.5 Å². The van der Waals surface area contributed by atoms with Gasteiger partial charge in [0.2, 0.25) is 0 Å². The van der Waals surface area contributed by atoms with Crippen molar-refractivity contribution < 1.29 is 0 Å². The summed E-state index contributed by atoms with van der Waals surface area (Å²) in [4.78, 5) is 4.92. The minimum absolute atomic E-state index is 0.675. The van der Waals surface area contributed by atoms with Gasteiger partial charge in [0.25, 0.3) is 0 Å². The predicted octanol–water partition coefficient (Wildman–Crippen LogP) is 10.6. The smallest absolute Gasteiger partial charge is 0.0991 e. The molecule has 0 radical (unpaired) electrons. The number of nitrogens with zero attached hydrogens (tertiary/aromatic N) is 2. The van der Waals surface area contributed by atoms with Gasteiger partial charge < -0.3 is 4.90 Å². The third-order valence-electron chi connectivity index (χ3n) is 7.86. The maximum atomic E-state index is 9.20. The molecule has 0 amide bonds. The zero-order valence-electron chi connectivity index (χ0n) is 21.5. The molecule has 7 aromatic rings. The fourth-order valence-corrected chi connectivity index (χ4v) is 7.04. The normalized spacial score (nSPS) is 12.3. The number of anilines is 3. The molecule has 0 saturated heterocycles. The first kappa shape index (κ1) is 22.9. The van der Waals surface area contributed by atoms with E-state index in [0.29, 0.717) is 5.56 Å². The highest BCUT2D eigenvalue weighted by Crippen LogP contribution is 2.52. The SMILES string of the molecule is N#Cc1ccc(-c2ccc3c4ccc(N5c6ccccc6Sc6ccccc65)cc4c4ccccc4c3c2)cc1. The highest BCUT2D eigenvalue weighted by molar-refractivity contribution is 7.99. The zero-order chi connectivity index (χ0) is 26.6. The molecule has 3 heteroatoms. The molecule has 40 heavy (non-hydrogen) atoms. The first-order chi connectivity index (χ1) is 19.8. The monoisotopic (exact) mass is 526 g/mol. The van der Waals surface area contributed by atoms with Gasteiger partial charge in [-0.1, -0.05) is 90.6 Å². The van der Waals surface area contributed by atoms with E-state index in [-0.39, 0.29) is 0 Å². The molecule has 2 nitrogen and oxygen atoms in total. The van der Waals surface area contributed by atoms with E-state index in [1.807, 2.05) is 36.0 Å². The molecule has 1 aliphatic rings. The Labute approximate surface area is 236 Å². The minimum Gasteiger partial charge on any atom is -0.308 e. The van der Waals surface area contributed by atoms with Crippen molar-refractivity contribution in [2.75, 3.05) is 4.90 Å². The molecule has 0 unspecified atom stereocenters. The Balaban J connectivity index is 1.37. The summed E-state index contributed by atoms with van der Waals surface area (Å²) in [5.74, 6) is 0. The van der Waals surface area contributed by atoms with Gasteiger partial charge in [-0.25, -0.2) is 0 Å². The van der Waals surface area contributed by atoms with Crippen LogP contribution >= 0.6 is 11.8 Å². The fourth-order valence-electron chi connectivity index (χ4n) is 5.98. The molecule has 1 heterocycles. The van der Waals surface area contributed by atoms with Crippen molar-refractivity contribution in [3.05, 3.63) is 139 Å². The Morgan fingerprint density at radius 1 is 0.475 bits per heavy atom. The highest BCUT2D eigenvalue weighted by atomic mass is 32.2.